The largest absolute Gasteiger partial charge is 0.496 e. The standard InChI is InChI=1S/C16H24N2O2/c1-4-12-7-16(19)18(9-12)10-14-8-13(11(2)17)5-6-15(14)20-3/h5-6,8,11-12H,4,7,9-10,17H2,1-3H3. The van der Waals surface area contributed by atoms with Crippen molar-refractivity contribution in [1.82, 2.24) is 4.90 Å². The molecule has 0 saturated carbocycles. The van der Waals surface area contributed by atoms with Gasteiger partial charge >= 0.3 is 0 Å². The molecule has 4 nitrogen and oxygen atoms in total. The zero-order valence-electron chi connectivity index (χ0n) is 12.6. The average Bonchev–Trinajstić information content (AvgIpc) is 2.79. The van der Waals surface area contributed by atoms with E-state index in [1.165, 1.54) is 0 Å². The number of likely N-dealkylation sites (tertiary alicyclic amines) is 1. The van der Waals surface area contributed by atoms with Crippen LogP contribution in [0.4, 0.5) is 0 Å². The fourth-order valence-corrected chi connectivity index (χ4v) is 2.69. The highest BCUT2D eigenvalue weighted by Crippen LogP contribution is 2.27. The van der Waals surface area contributed by atoms with Gasteiger partial charge in [0.1, 0.15) is 5.75 Å². The van der Waals surface area contributed by atoms with Crippen molar-refractivity contribution in [3.63, 3.8) is 0 Å². The van der Waals surface area contributed by atoms with Crippen molar-refractivity contribution in [3.8, 4) is 5.75 Å². The van der Waals surface area contributed by atoms with Gasteiger partial charge in [-0.1, -0.05) is 19.4 Å². The van der Waals surface area contributed by atoms with Crippen LogP contribution in [0.15, 0.2) is 18.2 Å². The summed E-state index contributed by atoms with van der Waals surface area (Å²) in [5, 5.41) is 0. The molecule has 2 atom stereocenters. The van der Waals surface area contributed by atoms with E-state index in [0.717, 1.165) is 29.8 Å². The monoisotopic (exact) mass is 276 g/mol. The van der Waals surface area contributed by atoms with E-state index >= 15 is 0 Å². The Hall–Kier alpha value is -1.55. The summed E-state index contributed by atoms with van der Waals surface area (Å²) in [6, 6.07) is 5.95. The van der Waals surface area contributed by atoms with E-state index in [9.17, 15) is 4.79 Å². The van der Waals surface area contributed by atoms with E-state index in [-0.39, 0.29) is 11.9 Å². The maximum atomic E-state index is 12.0. The molecule has 1 amide bonds. The van der Waals surface area contributed by atoms with Crippen LogP contribution in [-0.2, 0) is 11.3 Å². The number of amides is 1. The van der Waals surface area contributed by atoms with Gasteiger partial charge < -0.3 is 15.4 Å². The molecule has 1 aromatic rings. The van der Waals surface area contributed by atoms with Crippen molar-refractivity contribution < 1.29 is 9.53 Å². The molecule has 4 heteroatoms. The second-order valence-electron chi connectivity index (χ2n) is 5.61. The third-order valence-corrected chi connectivity index (χ3v) is 4.06. The Morgan fingerprint density at radius 3 is 2.80 bits per heavy atom. The highest BCUT2D eigenvalue weighted by atomic mass is 16.5. The summed E-state index contributed by atoms with van der Waals surface area (Å²) in [7, 11) is 1.66. The summed E-state index contributed by atoms with van der Waals surface area (Å²) in [5.41, 5.74) is 8.04. The molecule has 1 heterocycles. The normalized spacial score (nSPS) is 20.3. The Bertz CT molecular complexity index is 485. The van der Waals surface area contributed by atoms with E-state index in [4.69, 9.17) is 10.5 Å². The second-order valence-corrected chi connectivity index (χ2v) is 5.61. The van der Waals surface area contributed by atoms with Gasteiger partial charge in [0.15, 0.2) is 0 Å². The van der Waals surface area contributed by atoms with Crippen LogP contribution in [-0.4, -0.2) is 24.5 Å². The van der Waals surface area contributed by atoms with E-state index in [1.807, 2.05) is 24.0 Å². The number of hydrogen-bond donors (Lipinski definition) is 1. The number of nitrogens with two attached hydrogens (primary N) is 1. The van der Waals surface area contributed by atoms with Gasteiger partial charge in [-0.3, -0.25) is 4.79 Å². The lowest BCUT2D eigenvalue weighted by Crippen LogP contribution is -2.25. The molecule has 0 radical (unpaired) electrons. The Balaban J connectivity index is 2.19. The van der Waals surface area contributed by atoms with E-state index in [1.54, 1.807) is 7.11 Å². The molecule has 1 fully saturated rings. The van der Waals surface area contributed by atoms with Crippen molar-refractivity contribution in [2.75, 3.05) is 13.7 Å². The van der Waals surface area contributed by atoms with E-state index in [2.05, 4.69) is 13.0 Å². The van der Waals surface area contributed by atoms with Crippen LogP contribution in [0.5, 0.6) is 5.75 Å². The summed E-state index contributed by atoms with van der Waals surface area (Å²) in [5.74, 6) is 1.55. The number of rotatable bonds is 5. The van der Waals surface area contributed by atoms with Crippen LogP contribution in [0.3, 0.4) is 0 Å². The Morgan fingerprint density at radius 1 is 1.50 bits per heavy atom. The Labute approximate surface area is 120 Å². The molecule has 1 aromatic carbocycles. The fraction of sp³-hybridized carbons (Fsp3) is 0.562. The van der Waals surface area contributed by atoms with Gasteiger partial charge in [-0.2, -0.15) is 0 Å². The number of hydrogen-bond acceptors (Lipinski definition) is 3. The molecule has 2 unspecified atom stereocenters. The number of ether oxygens (including phenoxy) is 1. The third kappa shape index (κ3) is 3.12. The Kier molecular flexibility index (Phi) is 4.65. The third-order valence-electron chi connectivity index (χ3n) is 4.06. The number of nitrogens with zero attached hydrogens (tertiary/aromatic N) is 1. The van der Waals surface area contributed by atoms with Gasteiger partial charge in [-0.05, 0) is 30.5 Å². The quantitative estimate of drug-likeness (QED) is 0.899. The van der Waals surface area contributed by atoms with Gasteiger partial charge in [0.05, 0.1) is 7.11 Å². The fourth-order valence-electron chi connectivity index (χ4n) is 2.69. The SMILES string of the molecule is CCC1CC(=O)N(Cc2cc(C(C)N)ccc2OC)C1. The van der Waals surface area contributed by atoms with Crippen LogP contribution in [0, 0.1) is 5.92 Å². The maximum Gasteiger partial charge on any atom is 0.223 e. The number of carbonyl (C=O) groups is 1. The molecule has 0 aliphatic carbocycles. The molecule has 0 aromatic heterocycles. The van der Waals surface area contributed by atoms with Gasteiger partial charge in [0, 0.05) is 31.1 Å². The smallest absolute Gasteiger partial charge is 0.223 e. The maximum absolute atomic E-state index is 12.0. The van der Waals surface area contributed by atoms with Gasteiger partial charge in [-0.25, -0.2) is 0 Å². The van der Waals surface area contributed by atoms with Crippen LogP contribution in [0.25, 0.3) is 0 Å². The summed E-state index contributed by atoms with van der Waals surface area (Å²) in [4.78, 5) is 14.0. The molecule has 1 aliphatic rings. The molecular weight excluding hydrogens is 252 g/mol. The van der Waals surface area contributed by atoms with Gasteiger partial charge in [-0.15, -0.1) is 0 Å². The minimum Gasteiger partial charge on any atom is -0.496 e. The van der Waals surface area contributed by atoms with Crippen molar-refractivity contribution in [2.24, 2.45) is 11.7 Å². The molecule has 2 rings (SSSR count). The first-order chi connectivity index (χ1) is 9.55. The van der Waals surface area contributed by atoms with Crippen molar-refractivity contribution in [2.45, 2.75) is 39.3 Å². The highest BCUT2D eigenvalue weighted by Gasteiger charge is 2.28. The molecule has 2 N–H and O–H groups in total. The van der Waals surface area contributed by atoms with Crippen LogP contribution >= 0.6 is 0 Å². The first-order valence-corrected chi connectivity index (χ1v) is 7.25. The van der Waals surface area contributed by atoms with E-state index in [0.29, 0.717) is 18.9 Å². The van der Waals surface area contributed by atoms with Crippen LogP contribution in [0.2, 0.25) is 0 Å². The van der Waals surface area contributed by atoms with Crippen molar-refractivity contribution in [3.05, 3.63) is 29.3 Å². The molecule has 0 bridgehead atoms. The van der Waals surface area contributed by atoms with Crippen LogP contribution < -0.4 is 10.5 Å². The van der Waals surface area contributed by atoms with Crippen LogP contribution in [0.1, 0.15) is 43.9 Å². The minimum absolute atomic E-state index is 0.0164. The van der Waals surface area contributed by atoms with Gasteiger partial charge in [0.25, 0.3) is 0 Å². The first kappa shape index (κ1) is 14.9. The Morgan fingerprint density at radius 2 is 2.25 bits per heavy atom. The van der Waals surface area contributed by atoms with Crippen molar-refractivity contribution >= 4 is 5.91 Å². The zero-order valence-corrected chi connectivity index (χ0v) is 12.6. The van der Waals surface area contributed by atoms with Gasteiger partial charge in [0.2, 0.25) is 5.91 Å². The lowest BCUT2D eigenvalue weighted by Gasteiger charge is -2.19. The molecule has 0 spiro atoms. The summed E-state index contributed by atoms with van der Waals surface area (Å²) in [6.07, 6.45) is 1.73. The predicted octanol–water partition coefficient (Wildman–Crippen LogP) is 2.47. The lowest BCUT2D eigenvalue weighted by atomic mass is 10.0. The average molecular weight is 276 g/mol. The second kappa shape index (κ2) is 6.27. The molecule has 20 heavy (non-hydrogen) atoms. The highest BCUT2D eigenvalue weighted by molar-refractivity contribution is 5.78. The first-order valence-electron chi connectivity index (χ1n) is 7.25. The molecule has 1 aliphatic heterocycles. The predicted molar refractivity (Wildman–Crippen MR) is 79.4 cm³/mol. The zero-order chi connectivity index (χ0) is 14.7. The number of carbonyl (C=O) groups excluding carboxylic acids is 1. The number of benzene rings is 1. The molecule has 1 saturated heterocycles. The van der Waals surface area contributed by atoms with E-state index < -0.39 is 0 Å². The lowest BCUT2D eigenvalue weighted by molar-refractivity contribution is -0.128. The summed E-state index contributed by atoms with van der Waals surface area (Å²) in [6.45, 7) is 5.55. The van der Waals surface area contributed by atoms with Crippen molar-refractivity contribution in [1.29, 1.82) is 0 Å². The topological polar surface area (TPSA) is 55.6 Å². The molecular formula is C16H24N2O2. The molecule has 110 valence electrons. The summed E-state index contributed by atoms with van der Waals surface area (Å²) >= 11 is 0. The summed E-state index contributed by atoms with van der Waals surface area (Å²) < 4.78 is 5.40. The number of methoxy groups -OCH3 is 1. The minimum atomic E-state index is -0.0164.